The molecule has 0 saturated heterocycles. The molecule has 2 heterocycles. The van der Waals surface area contributed by atoms with Crippen LogP contribution in [0.25, 0.3) is 0 Å². The molecule has 0 amide bonds. The molecule has 1 aromatic heterocycles. The summed E-state index contributed by atoms with van der Waals surface area (Å²) in [7, 11) is -3.12. The zero-order chi connectivity index (χ0) is 13.5. The molecule has 6 nitrogen and oxygen atoms in total. The Labute approximate surface area is 113 Å². The summed E-state index contributed by atoms with van der Waals surface area (Å²) < 4.78 is 28.3. The van der Waals surface area contributed by atoms with Crippen LogP contribution in [0.2, 0.25) is 0 Å². The van der Waals surface area contributed by atoms with Crippen molar-refractivity contribution in [3.05, 3.63) is 11.6 Å². The number of hydrogen-bond acceptors (Lipinski definition) is 4. The number of rotatable bonds is 4. The predicted molar refractivity (Wildman–Crippen MR) is 71.3 cm³/mol. The Morgan fingerprint density at radius 1 is 1.26 bits per heavy atom. The average molecular weight is 284 g/mol. The predicted octanol–water partition coefficient (Wildman–Crippen LogP) is 0.800. The summed E-state index contributed by atoms with van der Waals surface area (Å²) in [6.07, 6.45) is 4.86. The van der Waals surface area contributed by atoms with E-state index >= 15 is 0 Å². The van der Waals surface area contributed by atoms with Crippen molar-refractivity contribution in [3.8, 4) is 0 Å². The first-order valence-corrected chi connectivity index (χ1v) is 8.66. The zero-order valence-electron chi connectivity index (χ0n) is 11.2. The van der Waals surface area contributed by atoms with Gasteiger partial charge in [-0.3, -0.25) is 0 Å². The van der Waals surface area contributed by atoms with Crippen LogP contribution in [-0.4, -0.2) is 35.0 Å². The number of nitrogens with one attached hydrogen (secondary N) is 1. The monoisotopic (exact) mass is 284 g/mol. The smallest absolute Gasteiger partial charge is 0.211 e. The van der Waals surface area contributed by atoms with Gasteiger partial charge < -0.3 is 4.57 Å². The van der Waals surface area contributed by atoms with E-state index in [2.05, 4.69) is 19.5 Å². The molecule has 1 unspecified atom stereocenters. The maximum atomic E-state index is 11.6. The molecule has 1 aromatic rings. The van der Waals surface area contributed by atoms with E-state index in [0.717, 1.165) is 37.5 Å². The number of hydrogen-bond donors (Lipinski definition) is 1. The highest BCUT2D eigenvalue weighted by molar-refractivity contribution is 7.89. The summed E-state index contributed by atoms with van der Waals surface area (Å²) in [5.41, 5.74) is 0. The number of nitrogens with zero attached hydrogens (tertiary/aromatic N) is 3. The van der Waals surface area contributed by atoms with E-state index in [0.29, 0.717) is 5.92 Å². The Balaban J connectivity index is 1.71. The number of fused-ring (bicyclic) bond motifs is 1. The van der Waals surface area contributed by atoms with E-state index < -0.39 is 10.0 Å². The Hall–Kier alpha value is -0.950. The van der Waals surface area contributed by atoms with E-state index in [1.54, 1.807) is 6.92 Å². The molecule has 1 saturated carbocycles. The molecule has 106 valence electrons. The van der Waals surface area contributed by atoms with Gasteiger partial charge in [-0.2, -0.15) is 0 Å². The number of aryl methyl sites for hydroxylation is 1. The van der Waals surface area contributed by atoms with Crippen molar-refractivity contribution < 1.29 is 8.42 Å². The van der Waals surface area contributed by atoms with Gasteiger partial charge in [0.15, 0.2) is 0 Å². The first kappa shape index (κ1) is 13.1. The van der Waals surface area contributed by atoms with Gasteiger partial charge in [-0.25, -0.2) is 13.1 Å². The van der Waals surface area contributed by atoms with E-state index in [-0.39, 0.29) is 11.8 Å². The van der Waals surface area contributed by atoms with Crippen LogP contribution in [0, 0.1) is 0 Å². The highest BCUT2D eigenvalue weighted by Crippen LogP contribution is 2.39. The van der Waals surface area contributed by atoms with Gasteiger partial charge in [-0.15, -0.1) is 10.2 Å². The first-order valence-electron chi connectivity index (χ1n) is 7.01. The highest BCUT2D eigenvalue weighted by Gasteiger charge is 2.31. The van der Waals surface area contributed by atoms with Crippen LogP contribution in [0.3, 0.4) is 0 Å². The molecule has 7 heteroatoms. The minimum atomic E-state index is -3.12. The van der Waals surface area contributed by atoms with Crippen molar-refractivity contribution in [3.63, 3.8) is 0 Å². The van der Waals surface area contributed by atoms with Crippen LogP contribution >= 0.6 is 0 Å². The molecule has 1 aliphatic carbocycles. The molecule has 3 rings (SSSR count). The molecule has 0 bridgehead atoms. The highest BCUT2D eigenvalue weighted by atomic mass is 32.2. The first-order chi connectivity index (χ1) is 9.09. The van der Waals surface area contributed by atoms with E-state index in [1.165, 1.54) is 12.8 Å². The average Bonchev–Trinajstić information content (AvgIpc) is 3.17. The van der Waals surface area contributed by atoms with E-state index in [4.69, 9.17) is 0 Å². The summed E-state index contributed by atoms with van der Waals surface area (Å²) in [5.74, 6) is 2.85. The third-order valence-electron chi connectivity index (χ3n) is 3.94. The minimum Gasteiger partial charge on any atom is -0.315 e. The van der Waals surface area contributed by atoms with Crippen molar-refractivity contribution in [2.24, 2.45) is 0 Å². The lowest BCUT2D eigenvalue weighted by atomic mass is 10.1. The Morgan fingerprint density at radius 3 is 2.74 bits per heavy atom. The van der Waals surface area contributed by atoms with Crippen molar-refractivity contribution in [2.45, 2.75) is 57.5 Å². The quantitative estimate of drug-likeness (QED) is 0.887. The molecule has 19 heavy (non-hydrogen) atoms. The van der Waals surface area contributed by atoms with Gasteiger partial charge in [-0.1, -0.05) is 0 Å². The van der Waals surface area contributed by atoms with Crippen LogP contribution in [0.15, 0.2) is 0 Å². The maximum Gasteiger partial charge on any atom is 0.211 e. The van der Waals surface area contributed by atoms with Crippen molar-refractivity contribution in [1.82, 2.24) is 19.5 Å². The molecular formula is C12H20N4O2S. The Bertz CT molecular complexity index is 562. The van der Waals surface area contributed by atoms with Gasteiger partial charge in [0.05, 0.1) is 5.75 Å². The summed E-state index contributed by atoms with van der Waals surface area (Å²) in [6, 6.07) is 0.0266. The number of sulfonamides is 1. The van der Waals surface area contributed by atoms with Crippen LogP contribution in [0.1, 0.15) is 50.2 Å². The second-order valence-electron chi connectivity index (χ2n) is 5.45. The van der Waals surface area contributed by atoms with Gasteiger partial charge in [0.2, 0.25) is 10.0 Å². The van der Waals surface area contributed by atoms with Crippen molar-refractivity contribution in [1.29, 1.82) is 0 Å². The second kappa shape index (κ2) is 4.86. The fraction of sp³-hybridized carbons (Fsp3) is 0.833. The van der Waals surface area contributed by atoms with Gasteiger partial charge in [-0.05, 0) is 32.6 Å². The fourth-order valence-corrected chi connectivity index (χ4v) is 3.52. The second-order valence-corrected chi connectivity index (χ2v) is 7.49. The Kier molecular flexibility index (Phi) is 3.34. The standard InChI is InChI=1S/C12H20N4O2S/c1-2-19(17,18)15-10-5-6-11-13-14-12(9-3-4-9)16(11)8-7-10/h9-10,15H,2-8H2,1H3. The van der Waals surface area contributed by atoms with Crippen LogP contribution < -0.4 is 4.72 Å². The third kappa shape index (κ3) is 2.81. The molecule has 1 aliphatic heterocycles. The molecule has 1 fully saturated rings. The number of aromatic nitrogens is 3. The van der Waals surface area contributed by atoms with E-state index in [9.17, 15) is 8.42 Å². The lowest BCUT2D eigenvalue weighted by Crippen LogP contribution is -2.36. The maximum absolute atomic E-state index is 11.6. The van der Waals surface area contributed by atoms with Crippen molar-refractivity contribution >= 4 is 10.0 Å². The zero-order valence-corrected chi connectivity index (χ0v) is 12.0. The molecular weight excluding hydrogens is 264 g/mol. The summed E-state index contributed by atoms with van der Waals surface area (Å²) in [5, 5.41) is 8.56. The molecule has 0 spiro atoms. The third-order valence-corrected chi connectivity index (χ3v) is 5.39. The summed E-state index contributed by atoms with van der Waals surface area (Å²) in [6.45, 7) is 2.49. The van der Waals surface area contributed by atoms with Crippen LogP contribution in [0.5, 0.6) is 0 Å². The van der Waals surface area contributed by atoms with Gasteiger partial charge in [0.1, 0.15) is 11.6 Å². The normalized spacial score (nSPS) is 23.9. The SMILES string of the molecule is CCS(=O)(=O)NC1CCc2nnc(C3CC3)n2CC1. The van der Waals surface area contributed by atoms with E-state index in [1.807, 2.05) is 0 Å². The van der Waals surface area contributed by atoms with Gasteiger partial charge >= 0.3 is 0 Å². The van der Waals surface area contributed by atoms with Crippen LogP contribution in [0.4, 0.5) is 0 Å². The minimum absolute atomic E-state index is 0.0266. The van der Waals surface area contributed by atoms with Crippen molar-refractivity contribution in [2.75, 3.05) is 5.75 Å². The molecule has 2 aliphatic rings. The fourth-order valence-electron chi connectivity index (χ4n) is 2.61. The molecule has 0 aromatic carbocycles. The lowest BCUT2D eigenvalue weighted by Gasteiger charge is -2.15. The summed E-state index contributed by atoms with van der Waals surface area (Å²) >= 11 is 0. The lowest BCUT2D eigenvalue weighted by molar-refractivity contribution is 0.493. The Morgan fingerprint density at radius 2 is 2.05 bits per heavy atom. The van der Waals surface area contributed by atoms with Gasteiger partial charge in [0.25, 0.3) is 0 Å². The summed E-state index contributed by atoms with van der Waals surface area (Å²) in [4.78, 5) is 0. The molecule has 1 atom stereocenters. The molecule has 0 radical (unpaired) electrons. The largest absolute Gasteiger partial charge is 0.315 e. The van der Waals surface area contributed by atoms with Crippen LogP contribution in [-0.2, 0) is 23.0 Å². The topological polar surface area (TPSA) is 76.9 Å². The van der Waals surface area contributed by atoms with Gasteiger partial charge in [0, 0.05) is 24.9 Å². The molecule has 1 N–H and O–H groups in total.